The van der Waals surface area contributed by atoms with E-state index in [1.807, 2.05) is 13.8 Å². The van der Waals surface area contributed by atoms with Gasteiger partial charge in [-0.3, -0.25) is 71.9 Å². The maximum Gasteiger partial charge on any atom is 0.329 e. The molecule has 0 saturated carbocycles. The van der Waals surface area contributed by atoms with Gasteiger partial charge < -0.3 is 106 Å². The summed E-state index contributed by atoms with van der Waals surface area (Å²) < 4.78 is 5.94. The number of hydrogen-bond donors (Lipinski definition) is 17. The molecule has 566 valence electrons. The van der Waals surface area contributed by atoms with Crippen molar-refractivity contribution in [2.45, 2.75) is 211 Å². The van der Waals surface area contributed by atoms with E-state index in [0.717, 1.165) is 9.80 Å². The van der Waals surface area contributed by atoms with Crippen molar-refractivity contribution in [3.8, 4) is 0 Å². The van der Waals surface area contributed by atoms with Crippen molar-refractivity contribution < 1.29 is 96.8 Å². The number of aliphatic hydroxyl groups excluding tert-OH is 2. The molecule has 1 heterocycles. The first kappa shape index (κ1) is 87.7. The Morgan fingerprint density at radius 1 is 0.545 bits per heavy atom. The number of carbonyl (C=O) groups excluding carboxylic acids is 15. The second-order valence-corrected chi connectivity index (χ2v) is 26.1. The molecule has 1 aromatic carbocycles. The number of ether oxygens (including phenoxy) is 1. The lowest BCUT2D eigenvalue weighted by Gasteiger charge is -2.34. The number of amides is 14. The fourth-order valence-corrected chi connectivity index (χ4v) is 10.7. The summed E-state index contributed by atoms with van der Waals surface area (Å²) in [6, 6.07) is -9.98. The lowest BCUT2D eigenvalue weighted by Crippen LogP contribution is -2.61. The Morgan fingerprint density at radius 3 is 1.51 bits per heavy atom. The van der Waals surface area contributed by atoms with Crippen LogP contribution in [0.15, 0.2) is 30.3 Å². The van der Waals surface area contributed by atoms with Gasteiger partial charge in [0.05, 0.1) is 39.0 Å². The maximum absolute atomic E-state index is 14.6. The largest absolute Gasteiger partial charge is 0.481 e. The fourth-order valence-electron chi connectivity index (χ4n) is 10.7. The van der Waals surface area contributed by atoms with Gasteiger partial charge in [0.2, 0.25) is 82.7 Å². The second kappa shape index (κ2) is 44.7. The Morgan fingerprint density at radius 2 is 1.01 bits per heavy atom. The molecule has 1 fully saturated rings. The summed E-state index contributed by atoms with van der Waals surface area (Å²) in [6.45, 7) is 8.46. The average Bonchev–Trinajstić information content (AvgIpc) is 0.844. The van der Waals surface area contributed by atoms with Gasteiger partial charge in [0.25, 0.3) is 0 Å². The normalized spacial score (nSPS) is 25.1. The van der Waals surface area contributed by atoms with Crippen LogP contribution in [0.5, 0.6) is 0 Å². The van der Waals surface area contributed by atoms with Gasteiger partial charge in [-0.1, -0.05) is 78.3 Å². The van der Waals surface area contributed by atoms with E-state index in [2.05, 4.69) is 53.2 Å². The molecule has 0 aromatic heterocycles. The summed E-state index contributed by atoms with van der Waals surface area (Å²) in [7, 11) is 2.47. The van der Waals surface area contributed by atoms with Crippen LogP contribution in [-0.2, 0) is 87.9 Å². The van der Waals surface area contributed by atoms with Gasteiger partial charge in [0, 0.05) is 26.9 Å². The number of carbonyl (C=O) groups is 16. The molecule has 0 unspecified atom stereocenters. The van der Waals surface area contributed by atoms with Crippen molar-refractivity contribution >= 4 is 94.6 Å². The number of nitrogens with two attached hydrogens (primary N) is 4. The highest BCUT2D eigenvalue weighted by molar-refractivity contribution is 6.00. The third-order valence-corrected chi connectivity index (χ3v) is 16.2. The topological polar surface area (TPSA) is 574 Å². The zero-order valence-corrected chi connectivity index (χ0v) is 59.0. The van der Waals surface area contributed by atoms with E-state index in [1.54, 1.807) is 58.0 Å². The number of cyclic esters (lactones) is 1. The molecule has 2 rings (SSSR count). The molecule has 36 heteroatoms. The zero-order valence-electron chi connectivity index (χ0n) is 59.0. The quantitative estimate of drug-likeness (QED) is 0.0429. The molecule has 12 atom stereocenters. The lowest BCUT2D eigenvalue weighted by atomic mass is 9.99. The van der Waals surface area contributed by atoms with Crippen LogP contribution >= 0.6 is 0 Å². The Bertz CT molecular complexity index is 3010. The molecule has 1 aromatic rings. The number of carboxylic acid groups (broad SMARTS) is 1. The molecule has 0 aliphatic carbocycles. The number of nitrogens with zero attached hydrogens (tertiary/aromatic N) is 2. The number of rotatable bonds is 24. The molecule has 36 nitrogen and oxygen atoms in total. The summed E-state index contributed by atoms with van der Waals surface area (Å²) >= 11 is 0. The highest BCUT2D eigenvalue weighted by Gasteiger charge is 2.40. The average molecular weight is 1430 g/mol. The van der Waals surface area contributed by atoms with E-state index in [-0.39, 0.29) is 69.9 Å². The fraction of sp³-hybridized carbons (Fsp3) is 0.662. The summed E-state index contributed by atoms with van der Waals surface area (Å²) in [5, 5.41) is 54.1. The Labute approximate surface area is 586 Å². The number of hydrogen-bond acceptors (Lipinski definition) is 21. The van der Waals surface area contributed by atoms with E-state index < -0.39 is 225 Å². The number of benzene rings is 1. The molecule has 101 heavy (non-hydrogen) atoms. The smallest absolute Gasteiger partial charge is 0.329 e. The van der Waals surface area contributed by atoms with Crippen molar-refractivity contribution in [3.63, 3.8) is 0 Å². The maximum atomic E-state index is 14.6. The second-order valence-electron chi connectivity index (χ2n) is 26.1. The third kappa shape index (κ3) is 31.3. The standard InChI is InChI=1S/C65H106N16O20/c1-34(2)16-13-19-39-28-51(86)72-47(33-83)62(97)77-45(30-50(69)85)61(96)79-46(32-82)56(91)70-31-52(87)80(8)48(27-38-17-11-10-12-18-38)63(98)78-43(26-35(3)4)60(95)73-40(20-14-24-66)57(92)74-41(22-23-53(88)89)58(93)76-44(29-49(68)84)59(94)71-37(7)55(90)75-42(21-15-25-67)64(99)81(9)54(36(5)6)65(100)101-39/h10-12,17-18,34-37,39-48,54,82-83H,13-16,19-33,66-67H2,1-9H3,(H2,68,84)(H2,69,85)(H,70,91)(H,71,94)(H,72,86)(H,73,95)(H,74,92)(H,75,90)(H,76,93)(H,77,97)(H,78,98)(H,79,96)(H,88,89)/t37-,39-,40-,41+,42-,43+,44-,45-,46+,47+,48-,54+/m1/s1. The van der Waals surface area contributed by atoms with Gasteiger partial charge in [-0.25, -0.2) is 4.79 Å². The van der Waals surface area contributed by atoms with Gasteiger partial charge in [-0.2, -0.15) is 0 Å². The van der Waals surface area contributed by atoms with Crippen molar-refractivity contribution in [1.82, 2.24) is 63.0 Å². The molecule has 1 aliphatic rings. The molecule has 1 saturated heterocycles. The van der Waals surface area contributed by atoms with Crippen molar-refractivity contribution in [2.75, 3.05) is 46.9 Å². The minimum absolute atomic E-state index is 0.0156. The molecular weight excluding hydrogens is 1320 g/mol. The van der Waals surface area contributed by atoms with Gasteiger partial charge in [0.1, 0.15) is 72.6 Å². The summed E-state index contributed by atoms with van der Waals surface area (Å²) in [5.41, 5.74) is 23.1. The van der Waals surface area contributed by atoms with Gasteiger partial charge >= 0.3 is 11.9 Å². The van der Waals surface area contributed by atoms with Gasteiger partial charge in [-0.05, 0) is 94.7 Å². The van der Waals surface area contributed by atoms with Gasteiger partial charge in [-0.15, -0.1) is 0 Å². The first-order chi connectivity index (χ1) is 47.5. The number of aliphatic carboxylic acids is 1. The number of esters is 1. The number of nitrogens with one attached hydrogen (secondary N) is 10. The zero-order chi connectivity index (χ0) is 76.4. The van der Waals surface area contributed by atoms with Crippen LogP contribution in [0.25, 0.3) is 0 Å². The van der Waals surface area contributed by atoms with Crippen LogP contribution in [-0.4, -0.2) is 239 Å². The van der Waals surface area contributed by atoms with E-state index in [4.69, 9.17) is 27.7 Å². The van der Waals surface area contributed by atoms with E-state index in [0.29, 0.717) is 18.4 Å². The molecule has 0 spiro atoms. The first-order valence-corrected chi connectivity index (χ1v) is 33.7. The predicted molar refractivity (Wildman–Crippen MR) is 362 cm³/mol. The summed E-state index contributed by atoms with van der Waals surface area (Å²) in [4.78, 5) is 222. The molecule has 14 amide bonds. The van der Waals surface area contributed by atoms with Crippen molar-refractivity contribution in [2.24, 2.45) is 40.7 Å². The molecule has 0 bridgehead atoms. The molecule has 21 N–H and O–H groups in total. The van der Waals surface area contributed by atoms with Gasteiger partial charge in [0.15, 0.2) is 0 Å². The van der Waals surface area contributed by atoms with Crippen LogP contribution < -0.4 is 76.1 Å². The Balaban J connectivity index is 2.88. The molecular formula is C65H106N16O20. The summed E-state index contributed by atoms with van der Waals surface area (Å²) in [6.07, 6.45) is -4.47. The van der Waals surface area contributed by atoms with Crippen LogP contribution in [0, 0.1) is 17.8 Å². The van der Waals surface area contributed by atoms with E-state index in [9.17, 15) is 92.0 Å². The Kier molecular flexibility index (Phi) is 38.8. The molecule has 0 radical (unpaired) electrons. The number of likely N-dealkylation sites (N-methyl/N-ethyl adjacent to an activating group) is 2. The van der Waals surface area contributed by atoms with E-state index >= 15 is 0 Å². The highest BCUT2D eigenvalue weighted by atomic mass is 16.5. The van der Waals surface area contributed by atoms with Crippen LogP contribution in [0.1, 0.15) is 138 Å². The Hall–Kier alpha value is -9.42. The van der Waals surface area contributed by atoms with Crippen LogP contribution in [0.2, 0.25) is 0 Å². The van der Waals surface area contributed by atoms with E-state index in [1.165, 1.54) is 21.0 Å². The predicted octanol–water partition coefficient (Wildman–Crippen LogP) is -5.70. The lowest BCUT2D eigenvalue weighted by molar-refractivity contribution is -0.162. The summed E-state index contributed by atoms with van der Waals surface area (Å²) in [5.74, 6) is -18.5. The van der Waals surface area contributed by atoms with Crippen LogP contribution in [0.4, 0.5) is 0 Å². The number of carboxylic acids is 1. The third-order valence-electron chi connectivity index (χ3n) is 16.2. The molecule has 1 aliphatic heterocycles. The SMILES string of the molecule is CC(C)CCC[C@@H]1CC(=O)N[C@@H](CO)C(=O)N[C@H](CC(N)=O)C(=O)N[C@@H](CO)C(=O)NCC(=O)N(C)[C@H](Cc2ccccc2)C(=O)N[C@@H](CC(C)C)C(=O)N[C@H](CCCN)C(=O)N[C@@H](CCC(=O)O)C(=O)N[C@H](CC(N)=O)C(=O)N[C@H](C)C(=O)N[C@H](CCCN)C(=O)N(C)[C@@H](C(C)C)C(=O)O1. The number of aliphatic hydroxyl groups is 2. The van der Waals surface area contributed by atoms with Crippen molar-refractivity contribution in [3.05, 3.63) is 35.9 Å². The highest BCUT2D eigenvalue weighted by Crippen LogP contribution is 2.21. The number of primary amides is 2. The minimum Gasteiger partial charge on any atom is -0.481 e. The van der Waals surface area contributed by atoms with Crippen molar-refractivity contribution in [1.29, 1.82) is 0 Å². The monoisotopic (exact) mass is 1430 g/mol. The van der Waals surface area contributed by atoms with Crippen LogP contribution in [0.3, 0.4) is 0 Å². The first-order valence-electron chi connectivity index (χ1n) is 33.7. The minimum atomic E-state index is -1.92.